The molecule has 0 aromatic rings. The Bertz CT molecular complexity index is 430. The monoisotopic (exact) mass is 382 g/mol. The molecule has 0 radical (unpaired) electrons. The molecule has 0 heterocycles. The van der Waals surface area contributed by atoms with E-state index in [9.17, 15) is 4.79 Å². The second kappa shape index (κ2) is 11.7. The van der Waals surface area contributed by atoms with Crippen molar-refractivity contribution < 1.29 is 9.63 Å². The van der Waals surface area contributed by atoms with Crippen molar-refractivity contribution in [2.75, 3.05) is 13.2 Å². The van der Waals surface area contributed by atoms with Crippen molar-refractivity contribution in [1.29, 1.82) is 0 Å². The fourth-order valence-corrected chi connectivity index (χ4v) is 2.88. The van der Waals surface area contributed by atoms with Gasteiger partial charge in [0.25, 0.3) is 0 Å². The smallest absolute Gasteiger partial charge is 0.220 e. The number of hydrogen-bond acceptors (Lipinski definition) is 3. The number of amides is 1. The van der Waals surface area contributed by atoms with E-state index in [1.54, 1.807) is 0 Å². The van der Waals surface area contributed by atoms with Crippen LogP contribution in [0.4, 0.5) is 0 Å². The lowest BCUT2D eigenvalue weighted by Gasteiger charge is -2.24. The summed E-state index contributed by atoms with van der Waals surface area (Å²) < 4.78 is 0. The summed E-state index contributed by atoms with van der Waals surface area (Å²) in [6, 6.07) is 0. The van der Waals surface area contributed by atoms with Gasteiger partial charge in [0.15, 0.2) is 0 Å². The van der Waals surface area contributed by atoms with Crippen molar-refractivity contribution in [1.82, 2.24) is 5.32 Å². The third kappa shape index (κ3) is 19.5. The Morgan fingerprint density at radius 3 is 1.85 bits per heavy atom. The first kappa shape index (κ1) is 25.9. The molecule has 0 aromatic carbocycles. The van der Waals surface area contributed by atoms with Crippen LogP contribution in [-0.2, 0) is 9.63 Å². The molecular weight excluding hydrogens is 336 g/mol. The SMILES string of the molecule is CC(C)(C)CCCCNC(=O)CCCON=C(CC(C)(C)C)CC(C)(C)C. The predicted molar refractivity (Wildman–Crippen MR) is 117 cm³/mol. The van der Waals surface area contributed by atoms with Gasteiger partial charge >= 0.3 is 0 Å². The van der Waals surface area contributed by atoms with Gasteiger partial charge in [-0.15, -0.1) is 0 Å². The molecule has 0 saturated heterocycles. The van der Waals surface area contributed by atoms with Crippen molar-refractivity contribution in [3.63, 3.8) is 0 Å². The van der Waals surface area contributed by atoms with Crippen LogP contribution in [0.3, 0.4) is 0 Å². The summed E-state index contributed by atoms with van der Waals surface area (Å²) in [7, 11) is 0. The Labute approximate surface area is 168 Å². The Balaban J connectivity index is 4.04. The molecule has 0 unspecified atom stereocenters. The van der Waals surface area contributed by atoms with Crippen molar-refractivity contribution >= 4 is 11.6 Å². The molecule has 1 amide bonds. The predicted octanol–water partition coefficient (Wildman–Crippen LogP) is 6.34. The standard InChI is InChI=1S/C23H46N2O2/c1-21(2,3)14-10-11-15-24-20(26)13-12-16-27-25-19(17-22(4,5)6)18-23(7,8)9/h10-18H2,1-9H3,(H,24,26). The summed E-state index contributed by atoms with van der Waals surface area (Å²) in [5.41, 5.74) is 1.87. The third-order valence-electron chi connectivity index (χ3n) is 3.98. The normalized spacial score (nSPS) is 12.6. The van der Waals surface area contributed by atoms with E-state index < -0.39 is 0 Å². The van der Waals surface area contributed by atoms with E-state index in [0.717, 1.165) is 37.9 Å². The highest BCUT2D eigenvalue weighted by atomic mass is 16.6. The molecule has 160 valence electrons. The summed E-state index contributed by atoms with van der Waals surface area (Å²) in [5, 5.41) is 7.39. The first-order valence-electron chi connectivity index (χ1n) is 10.6. The second-order valence-corrected chi connectivity index (χ2v) is 11.4. The molecule has 0 atom stereocenters. The number of carbonyl (C=O) groups is 1. The highest BCUT2D eigenvalue weighted by molar-refractivity contribution is 5.85. The Kier molecular flexibility index (Phi) is 11.2. The van der Waals surface area contributed by atoms with E-state index in [-0.39, 0.29) is 16.7 Å². The van der Waals surface area contributed by atoms with Crippen molar-refractivity contribution in [3.8, 4) is 0 Å². The van der Waals surface area contributed by atoms with E-state index in [2.05, 4.69) is 72.8 Å². The van der Waals surface area contributed by atoms with Crippen LogP contribution in [-0.4, -0.2) is 24.8 Å². The van der Waals surface area contributed by atoms with E-state index in [1.165, 1.54) is 6.42 Å². The maximum absolute atomic E-state index is 11.9. The van der Waals surface area contributed by atoms with Gasteiger partial charge in [0.1, 0.15) is 6.61 Å². The van der Waals surface area contributed by atoms with E-state index in [0.29, 0.717) is 24.9 Å². The van der Waals surface area contributed by atoms with Crippen LogP contribution in [0.15, 0.2) is 5.16 Å². The van der Waals surface area contributed by atoms with E-state index in [1.807, 2.05) is 0 Å². The zero-order valence-corrected chi connectivity index (χ0v) is 19.6. The van der Waals surface area contributed by atoms with Crippen LogP contribution >= 0.6 is 0 Å². The number of nitrogens with one attached hydrogen (secondary N) is 1. The molecule has 0 aliphatic rings. The largest absolute Gasteiger partial charge is 0.396 e. The zero-order valence-electron chi connectivity index (χ0n) is 19.6. The lowest BCUT2D eigenvalue weighted by Crippen LogP contribution is -2.24. The average molecular weight is 383 g/mol. The first-order chi connectivity index (χ1) is 12.2. The zero-order chi connectivity index (χ0) is 21.1. The highest BCUT2D eigenvalue weighted by Crippen LogP contribution is 2.26. The summed E-state index contributed by atoms with van der Waals surface area (Å²) in [6.07, 6.45) is 6.47. The molecule has 27 heavy (non-hydrogen) atoms. The molecule has 0 aliphatic heterocycles. The maximum Gasteiger partial charge on any atom is 0.220 e. The topological polar surface area (TPSA) is 50.7 Å². The van der Waals surface area contributed by atoms with Crippen molar-refractivity contribution in [2.24, 2.45) is 21.4 Å². The van der Waals surface area contributed by atoms with Gasteiger partial charge in [-0.2, -0.15) is 0 Å². The summed E-state index contributed by atoms with van der Waals surface area (Å²) in [4.78, 5) is 17.4. The molecule has 0 bridgehead atoms. The lowest BCUT2D eigenvalue weighted by atomic mass is 9.82. The van der Waals surface area contributed by atoms with Gasteiger partial charge in [-0.1, -0.05) is 73.9 Å². The number of rotatable bonds is 11. The molecule has 4 heteroatoms. The molecule has 0 rings (SSSR count). The molecular formula is C23H46N2O2. The fourth-order valence-electron chi connectivity index (χ4n) is 2.88. The van der Waals surface area contributed by atoms with Gasteiger partial charge in [0.2, 0.25) is 5.91 Å². The maximum atomic E-state index is 11.9. The minimum Gasteiger partial charge on any atom is -0.396 e. The lowest BCUT2D eigenvalue weighted by molar-refractivity contribution is -0.121. The van der Waals surface area contributed by atoms with Crippen molar-refractivity contribution in [2.45, 2.75) is 107 Å². The third-order valence-corrected chi connectivity index (χ3v) is 3.98. The van der Waals surface area contributed by atoms with Gasteiger partial charge in [-0.3, -0.25) is 4.79 Å². The van der Waals surface area contributed by atoms with Gasteiger partial charge < -0.3 is 10.2 Å². The molecule has 0 aromatic heterocycles. The molecule has 4 nitrogen and oxygen atoms in total. The highest BCUT2D eigenvalue weighted by Gasteiger charge is 2.20. The number of hydrogen-bond donors (Lipinski definition) is 1. The number of carbonyl (C=O) groups excluding carboxylic acids is 1. The van der Waals surface area contributed by atoms with Gasteiger partial charge in [-0.25, -0.2) is 0 Å². The Hall–Kier alpha value is -1.06. The number of oxime groups is 1. The molecule has 0 spiro atoms. The minimum atomic E-state index is 0.114. The van der Waals surface area contributed by atoms with Gasteiger partial charge in [-0.05, 0) is 48.3 Å². The van der Waals surface area contributed by atoms with Crippen LogP contribution in [0.1, 0.15) is 107 Å². The fraction of sp³-hybridized carbons (Fsp3) is 0.913. The van der Waals surface area contributed by atoms with Crippen LogP contribution in [0.2, 0.25) is 0 Å². The second-order valence-electron chi connectivity index (χ2n) is 11.4. The molecule has 1 N–H and O–H groups in total. The van der Waals surface area contributed by atoms with Crippen molar-refractivity contribution in [3.05, 3.63) is 0 Å². The number of unbranched alkanes of at least 4 members (excludes halogenated alkanes) is 1. The molecule has 0 saturated carbocycles. The molecule has 0 aliphatic carbocycles. The number of nitrogens with zero attached hydrogens (tertiary/aromatic N) is 1. The van der Waals surface area contributed by atoms with E-state index in [4.69, 9.17) is 4.84 Å². The Morgan fingerprint density at radius 2 is 1.37 bits per heavy atom. The van der Waals surface area contributed by atoms with Crippen LogP contribution in [0.25, 0.3) is 0 Å². The van der Waals surface area contributed by atoms with Gasteiger partial charge in [0.05, 0.1) is 5.71 Å². The van der Waals surface area contributed by atoms with Crippen LogP contribution < -0.4 is 5.32 Å². The van der Waals surface area contributed by atoms with Crippen LogP contribution in [0, 0.1) is 16.2 Å². The minimum absolute atomic E-state index is 0.114. The van der Waals surface area contributed by atoms with Crippen LogP contribution in [0.5, 0.6) is 0 Å². The quantitative estimate of drug-likeness (QED) is 0.257. The summed E-state index contributed by atoms with van der Waals surface area (Å²) >= 11 is 0. The Morgan fingerprint density at radius 1 is 0.815 bits per heavy atom. The first-order valence-corrected chi connectivity index (χ1v) is 10.6. The van der Waals surface area contributed by atoms with Gasteiger partial charge in [0, 0.05) is 13.0 Å². The molecule has 0 fully saturated rings. The van der Waals surface area contributed by atoms with E-state index >= 15 is 0 Å². The summed E-state index contributed by atoms with van der Waals surface area (Å²) in [6.45, 7) is 21.3. The summed E-state index contributed by atoms with van der Waals surface area (Å²) in [5.74, 6) is 0.114. The average Bonchev–Trinajstić information content (AvgIpc) is 2.41.